The van der Waals surface area contributed by atoms with Gasteiger partial charge in [0, 0.05) is 13.6 Å². The molecule has 2 rings (SSSR count). The number of rotatable bonds is 7. The molecule has 138 valence electrons. The fourth-order valence-electron chi connectivity index (χ4n) is 2.47. The van der Waals surface area contributed by atoms with Gasteiger partial charge in [0.1, 0.15) is 11.8 Å². The zero-order valence-corrected chi connectivity index (χ0v) is 15.9. The number of likely N-dealkylation sites (N-methyl/N-ethyl adjacent to an activating group) is 1. The predicted octanol–water partition coefficient (Wildman–Crippen LogP) is 3.19. The molecule has 0 aliphatic heterocycles. The van der Waals surface area contributed by atoms with Crippen molar-refractivity contribution >= 4 is 23.4 Å². The van der Waals surface area contributed by atoms with Gasteiger partial charge in [0.2, 0.25) is 5.91 Å². The molecule has 0 heterocycles. The maximum absolute atomic E-state index is 12.7. The lowest BCUT2D eigenvalue weighted by Gasteiger charge is -2.28. The lowest BCUT2D eigenvalue weighted by Crippen LogP contribution is -2.48. The second-order valence-corrected chi connectivity index (χ2v) is 6.42. The second-order valence-electron chi connectivity index (χ2n) is 6.02. The molecule has 0 radical (unpaired) electrons. The molecule has 0 unspecified atom stereocenters. The first-order valence-corrected chi connectivity index (χ1v) is 8.74. The van der Waals surface area contributed by atoms with E-state index < -0.39 is 6.04 Å². The maximum atomic E-state index is 12.7. The first-order valence-electron chi connectivity index (χ1n) is 8.36. The Morgan fingerprint density at radius 1 is 1.15 bits per heavy atom. The molecule has 0 saturated carbocycles. The van der Waals surface area contributed by atoms with Gasteiger partial charge in [-0.2, -0.15) is 0 Å². The molecule has 0 aliphatic rings. The summed E-state index contributed by atoms with van der Waals surface area (Å²) in [5.41, 5.74) is 2.07. The van der Waals surface area contributed by atoms with E-state index in [2.05, 4.69) is 5.32 Å². The van der Waals surface area contributed by atoms with Crippen LogP contribution in [-0.4, -0.2) is 36.4 Å². The third-order valence-corrected chi connectivity index (χ3v) is 4.39. The number of nitrogens with zero attached hydrogens (tertiary/aromatic N) is 1. The van der Waals surface area contributed by atoms with Crippen LogP contribution in [0.5, 0.6) is 5.75 Å². The molecule has 6 heteroatoms. The summed E-state index contributed by atoms with van der Waals surface area (Å²) in [7, 11) is 1.55. The number of carbonyl (C=O) groups is 2. The topological polar surface area (TPSA) is 58.6 Å². The van der Waals surface area contributed by atoms with E-state index in [4.69, 9.17) is 16.3 Å². The average molecular weight is 375 g/mol. The molecule has 0 aromatic heterocycles. The fraction of sp³-hybridized carbons (Fsp3) is 0.300. The van der Waals surface area contributed by atoms with Gasteiger partial charge >= 0.3 is 0 Å². The molecular formula is C20H23ClN2O3. The average Bonchev–Trinajstić information content (AvgIpc) is 2.65. The highest BCUT2D eigenvalue weighted by Gasteiger charge is 2.26. The lowest BCUT2D eigenvalue weighted by atomic mass is 10.1. The summed E-state index contributed by atoms with van der Waals surface area (Å²) in [4.78, 5) is 26.3. The number of amides is 2. The molecule has 0 spiro atoms. The number of nitrogens with one attached hydrogen (secondary N) is 1. The zero-order chi connectivity index (χ0) is 19.1. The van der Waals surface area contributed by atoms with Gasteiger partial charge in [0.15, 0.2) is 6.61 Å². The largest absolute Gasteiger partial charge is 0.482 e. The van der Waals surface area contributed by atoms with Gasteiger partial charge in [-0.25, -0.2) is 0 Å². The van der Waals surface area contributed by atoms with E-state index in [1.807, 2.05) is 31.2 Å². The predicted molar refractivity (Wildman–Crippen MR) is 102 cm³/mol. The summed E-state index contributed by atoms with van der Waals surface area (Å²) in [5.74, 6) is -0.0878. The summed E-state index contributed by atoms with van der Waals surface area (Å²) in [5, 5.41) is 3.02. The fourth-order valence-corrected chi connectivity index (χ4v) is 2.66. The summed E-state index contributed by atoms with van der Waals surface area (Å²) in [6.45, 7) is 3.81. The summed E-state index contributed by atoms with van der Waals surface area (Å²) in [6.07, 6.45) is 0. The molecule has 0 saturated heterocycles. The number of para-hydroxylation sites is 1. The minimum Gasteiger partial charge on any atom is -0.482 e. The third-order valence-electron chi connectivity index (χ3n) is 4.08. The Labute approximate surface area is 158 Å². The third kappa shape index (κ3) is 5.23. The van der Waals surface area contributed by atoms with E-state index >= 15 is 0 Å². The van der Waals surface area contributed by atoms with Gasteiger partial charge in [-0.15, -0.1) is 0 Å². The van der Waals surface area contributed by atoms with Crippen molar-refractivity contribution in [3.8, 4) is 5.75 Å². The molecule has 0 aliphatic carbocycles. The quantitative estimate of drug-likeness (QED) is 0.809. The van der Waals surface area contributed by atoms with E-state index in [1.54, 1.807) is 38.2 Å². The van der Waals surface area contributed by atoms with Crippen LogP contribution >= 0.6 is 11.6 Å². The van der Waals surface area contributed by atoms with Crippen LogP contribution in [0.4, 0.5) is 0 Å². The van der Waals surface area contributed by atoms with Crippen LogP contribution in [0.25, 0.3) is 0 Å². The molecule has 0 fully saturated rings. The van der Waals surface area contributed by atoms with Gasteiger partial charge in [-0.1, -0.05) is 53.6 Å². The first kappa shape index (κ1) is 19.8. The number of hydrogen-bond acceptors (Lipinski definition) is 3. The van der Waals surface area contributed by atoms with Crippen molar-refractivity contribution in [1.82, 2.24) is 10.2 Å². The number of aryl methyl sites for hydroxylation is 1. The van der Waals surface area contributed by atoms with Crippen LogP contribution in [0.15, 0.2) is 48.5 Å². The summed E-state index contributed by atoms with van der Waals surface area (Å²) < 4.78 is 5.55. The van der Waals surface area contributed by atoms with Crippen molar-refractivity contribution in [3.05, 3.63) is 64.7 Å². The number of halogens is 1. The first-order chi connectivity index (χ1) is 12.4. The lowest BCUT2D eigenvalue weighted by molar-refractivity contribution is -0.142. The van der Waals surface area contributed by atoms with E-state index in [0.717, 1.165) is 11.1 Å². The highest BCUT2D eigenvalue weighted by molar-refractivity contribution is 6.32. The molecule has 5 nitrogen and oxygen atoms in total. The standard InChI is InChI=1S/C20H23ClN2O3/c1-14-8-10-16(11-9-14)12-23(15(2)20(25)22-3)19(24)13-26-18-7-5-4-6-17(18)21/h4-11,15H,12-13H2,1-3H3,(H,22,25)/t15-/m1/s1. The Hall–Kier alpha value is -2.53. The minimum atomic E-state index is -0.622. The smallest absolute Gasteiger partial charge is 0.261 e. The molecule has 1 atom stereocenters. The van der Waals surface area contributed by atoms with Crippen molar-refractivity contribution in [2.24, 2.45) is 0 Å². The van der Waals surface area contributed by atoms with Gasteiger partial charge in [-0.05, 0) is 31.5 Å². The van der Waals surface area contributed by atoms with Crippen LogP contribution in [0.1, 0.15) is 18.1 Å². The molecule has 2 aromatic rings. The second kappa shape index (κ2) is 9.25. The van der Waals surface area contributed by atoms with Gasteiger partial charge in [-0.3, -0.25) is 9.59 Å². The number of benzene rings is 2. The van der Waals surface area contributed by atoms with Crippen LogP contribution in [-0.2, 0) is 16.1 Å². The Kier molecular flexibility index (Phi) is 7.04. The van der Waals surface area contributed by atoms with Gasteiger partial charge in [0.05, 0.1) is 5.02 Å². The number of ether oxygens (including phenoxy) is 1. The van der Waals surface area contributed by atoms with E-state index in [-0.39, 0.29) is 18.4 Å². The van der Waals surface area contributed by atoms with Crippen molar-refractivity contribution in [2.45, 2.75) is 26.4 Å². The van der Waals surface area contributed by atoms with Crippen LogP contribution in [0.2, 0.25) is 5.02 Å². The zero-order valence-electron chi connectivity index (χ0n) is 15.2. The van der Waals surface area contributed by atoms with Crippen LogP contribution < -0.4 is 10.1 Å². The Morgan fingerprint density at radius 3 is 2.42 bits per heavy atom. The van der Waals surface area contributed by atoms with Crippen molar-refractivity contribution in [1.29, 1.82) is 0 Å². The van der Waals surface area contributed by atoms with Gasteiger partial charge < -0.3 is 15.0 Å². The molecular weight excluding hydrogens is 352 g/mol. The monoisotopic (exact) mass is 374 g/mol. The highest BCUT2D eigenvalue weighted by atomic mass is 35.5. The van der Waals surface area contributed by atoms with E-state index in [9.17, 15) is 9.59 Å². The SMILES string of the molecule is CNC(=O)[C@@H](C)N(Cc1ccc(C)cc1)C(=O)COc1ccccc1Cl. The normalized spacial score (nSPS) is 11.5. The maximum Gasteiger partial charge on any atom is 0.261 e. The van der Waals surface area contributed by atoms with E-state index in [1.165, 1.54) is 4.90 Å². The molecule has 0 bridgehead atoms. The molecule has 2 amide bonds. The Balaban J connectivity index is 2.13. The molecule has 2 aromatic carbocycles. The Morgan fingerprint density at radius 2 is 1.81 bits per heavy atom. The molecule has 26 heavy (non-hydrogen) atoms. The highest BCUT2D eigenvalue weighted by Crippen LogP contribution is 2.23. The van der Waals surface area contributed by atoms with Crippen LogP contribution in [0, 0.1) is 6.92 Å². The van der Waals surface area contributed by atoms with E-state index in [0.29, 0.717) is 17.3 Å². The van der Waals surface area contributed by atoms with Crippen molar-refractivity contribution in [2.75, 3.05) is 13.7 Å². The Bertz CT molecular complexity index is 762. The summed E-state index contributed by atoms with van der Waals surface area (Å²) >= 11 is 6.05. The minimum absolute atomic E-state index is 0.197. The van der Waals surface area contributed by atoms with Crippen LogP contribution in [0.3, 0.4) is 0 Å². The number of carbonyl (C=O) groups excluding carboxylic acids is 2. The molecule has 1 N–H and O–H groups in total. The number of hydrogen-bond donors (Lipinski definition) is 1. The van der Waals surface area contributed by atoms with Gasteiger partial charge in [0.25, 0.3) is 5.91 Å². The summed E-state index contributed by atoms with van der Waals surface area (Å²) in [6, 6.07) is 14.2. The van der Waals surface area contributed by atoms with Crippen molar-refractivity contribution < 1.29 is 14.3 Å². The van der Waals surface area contributed by atoms with Crippen molar-refractivity contribution in [3.63, 3.8) is 0 Å².